The van der Waals surface area contributed by atoms with E-state index in [1.165, 1.54) is 4.68 Å². The molecule has 1 heterocycles. The summed E-state index contributed by atoms with van der Waals surface area (Å²) in [5.74, 6) is 0. The second-order valence-corrected chi connectivity index (χ2v) is 8.13. The van der Waals surface area contributed by atoms with Gasteiger partial charge in [-0.05, 0) is 25.0 Å². The van der Waals surface area contributed by atoms with Gasteiger partial charge in [0.05, 0.1) is 5.69 Å². The monoisotopic (exact) mass is 340 g/mol. The third kappa shape index (κ3) is 3.69. The molecule has 2 rings (SSSR count). The Morgan fingerprint density at radius 1 is 1.18 bits per heavy atom. The normalized spacial score (nSPS) is 11.5. The van der Waals surface area contributed by atoms with Crippen LogP contribution in [0.25, 0.3) is 5.69 Å². The first-order chi connectivity index (χ1) is 10.4. The molecule has 1 aromatic heterocycles. The first kappa shape index (κ1) is 17.0. The highest BCUT2D eigenvalue weighted by molar-refractivity contribution is 8.15. The fourth-order valence-electron chi connectivity index (χ4n) is 2.24. The molecule has 0 atom stereocenters. The zero-order valence-electron chi connectivity index (χ0n) is 12.3. The maximum atomic E-state index is 12.6. The molecule has 8 heteroatoms. The average Bonchev–Trinajstić information content (AvgIpc) is 2.47. The lowest BCUT2D eigenvalue weighted by Gasteiger charge is -2.10. The van der Waals surface area contributed by atoms with Crippen LogP contribution < -0.4 is 10.5 Å². The van der Waals surface area contributed by atoms with Gasteiger partial charge in [-0.3, -0.25) is 4.79 Å². The molecule has 0 unspecified atom stereocenters. The predicted octanol–water partition coefficient (Wildman–Crippen LogP) is 0.821. The van der Waals surface area contributed by atoms with Gasteiger partial charge in [0.1, 0.15) is 0 Å². The Kier molecular flexibility index (Phi) is 5.26. The van der Waals surface area contributed by atoms with Crippen molar-refractivity contribution in [3.05, 3.63) is 51.8 Å². The van der Waals surface area contributed by atoms with E-state index in [2.05, 4.69) is 5.10 Å². The first-order valence-corrected chi connectivity index (χ1v) is 9.86. The molecule has 0 radical (unpaired) electrons. The van der Waals surface area contributed by atoms with Crippen LogP contribution in [0.5, 0.6) is 0 Å². The van der Waals surface area contributed by atoms with Crippen LogP contribution in [0.4, 0.5) is 0 Å². The molecule has 0 fully saturated rings. The molecule has 0 aliphatic rings. The van der Waals surface area contributed by atoms with Crippen LogP contribution in [-0.4, -0.2) is 19.6 Å². The number of hydrogen-bond acceptors (Lipinski definition) is 3. The quantitative estimate of drug-likeness (QED) is 0.634. The topological polar surface area (TPSA) is 98.4 Å². The average molecular weight is 340 g/mol. The highest BCUT2D eigenvalue weighted by Crippen LogP contribution is 2.29. The van der Waals surface area contributed by atoms with Gasteiger partial charge in [0, 0.05) is 11.1 Å². The molecule has 0 saturated heterocycles. The summed E-state index contributed by atoms with van der Waals surface area (Å²) in [7, 11) is 0.395. The predicted molar refractivity (Wildman–Crippen MR) is 85.6 cm³/mol. The fourth-order valence-corrected chi connectivity index (χ4v) is 4.08. The molecular weight excluding hydrogens is 323 g/mol. The molecule has 118 valence electrons. The van der Waals surface area contributed by atoms with E-state index in [0.29, 0.717) is 40.6 Å². The van der Waals surface area contributed by atoms with Crippen LogP contribution in [0.15, 0.2) is 40.2 Å². The van der Waals surface area contributed by atoms with Crippen LogP contribution in [-0.2, 0) is 23.8 Å². The van der Waals surface area contributed by atoms with E-state index in [4.69, 9.17) is 0 Å². The van der Waals surface area contributed by atoms with Crippen molar-refractivity contribution in [2.24, 2.45) is 0 Å². The Bertz CT molecular complexity index is 775. The number of para-hydroxylation sites is 1. The molecule has 1 aromatic carbocycles. The highest BCUT2D eigenvalue weighted by Gasteiger charge is 2.24. The van der Waals surface area contributed by atoms with Gasteiger partial charge in [-0.15, -0.1) is 5.10 Å². The number of hydrogen-bond donors (Lipinski definition) is 2. The van der Waals surface area contributed by atoms with E-state index < -0.39 is 6.72 Å². The van der Waals surface area contributed by atoms with E-state index in [9.17, 15) is 19.5 Å². The zero-order chi connectivity index (χ0) is 16.3. The Labute approximate surface area is 131 Å². The van der Waals surface area contributed by atoms with Crippen molar-refractivity contribution in [2.75, 3.05) is 0 Å². The zero-order valence-corrected chi connectivity index (χ0v) is 14.0. The van der Waals surface area contributed by atoms with Crippen LogP contribution in [0.3, 0.4) is 0 Å². The molecule has 6 nitrogen and oxygen atoms in total. The Hall–Kier alpha value is -1.37. The number of benzene rings is 1. The largest absolute Gasteiger partial charge is 0.741 e. The van der Waals surface area contributed by atoms with Gasteiger partial charge in [0.2, 0.25) is 0 Å². The minimum atomic E-state index is -4.35. The lowest BCUT2D eigenvalue weighted by molar-refractivity contribution is -0.196. The van der Waals surface area contributed by atoms with E-state index in [1.807, 2.05) is 19.9 Å². The lowest BCUT2D eigenvalue weighted by Crippen LogP contribution is -2.27. The van der Waals surface area contributed by atoms with E-state index >= 15 is 0 Å². The second-order valence-electron chi connectivity index (χ2n) is 4.60. The van der Waals surface area contributed by atoms with Crippen molar-refractivity contribution >= 4 is 17.7 Å². The van der Waals surface area contributed by atoms with Crippen LogP contribution >= 0.6 is 6.72 Å². The summed E-state index contributed by atoms with van der Waals surface area (Å²) in [6, 6.07) is 8.83. The van der Waals surface area contributed by atoms with Gasteiger partial charge in [0.15, 0.2) is 0 Å². The lowest BCUT2D eigenvalue weighted by atomic mass is 10.1. The van der Waals surface area contributed by atoms with Crippen molar-refractivity contribution in [2.45, 2.75) is 31.7 Å². The van der Waals surface area contributed by atoms with E-state index in [0.717, 1.165) is 0 Å². The molecular formula is C14H17N2O4PS. The van der Waals surface area contributed by atoms with E-state index in [1.54, 1.807) is 24.3 Å². The number of aromatic nitrogens is 2. The van der Waals surface area contributed by atoms with Gasteiger partial charge in [-0.25, -0.2) is 0 Å². The Balaban J connectivity index is 2.83. The second kappa shape index (κ2) is 6.81. The smallest absolute Gasteiger partial charge is 0.342 e. The molecule has 2 aromatic rings. The maximum Gasteiger partial charge on any atom is 0.342 e. The first-order valence-electron chi connectivity index (χ1n) is 6.83. The van der Waals surface area contributed by atoms with Crippen LogP contribution in [0, 0.1) is 0 Å². The number of nitrogens with zero attached hydrogens (tertiary/aromatic N) is 2. The summed E-state index contributed by atoms with van der Waals surface area (Å²) < 4.78 is 1.20. The van der Waals surface area contributed by atoms with Gasteiger partial charge in [-0.2, -0.15) is 4.68 Å². The summed E-state index contributed by atoms with van der Waals surface area (Å²) in [5.41, 5.74) is 1.46. The summed E-state index contributed by atoms with van der Waals surface area (Å²) in [6.07, 6.45) is 0.968. The van der Waals surface area contributed by atoms with E-state index in [-0.39, 0.29) is 10.6 Å². The molecule has 0 spiro atoms. The molecule has 2 N–H and O–H groups in total. The fraction of sp³-hybridized carbons (Fsp3) is 0.286. The Morgan fingerprint density at radius 3 is 2.27 bits per heavy atom. The minimum Gasteiger partial charge on any atom is -0.741 e. The SMILES string of the molecule is CCc1c([S+]=P([O-])(O)O)nn(-c2ccccc2)c(=O)c1CC. The molecule has 0 amide bonds. The van der Waals surface area contributed by atoms with Crippen molar-refractivity contribution in [1.29, 1.82) is 0 Å². The third-order valence-corrected chi connectivity index (χ3v) is 5.15. The van der Waals surface area contributed by atoms with Gasteiger partial charge >= 0.3 is 11.7 Å². The summed E-state index contributed by atoms with van der Waals surface area (Å²) in [5, 5.41) is 4.39. The van der Waals surface area contributed by atoms with Gasteiger partial charge in [-0.1, -0.05) is 32.0 Å². The molecule has 0 aliphatic heterocycles. The van der Waals surface area contributed by atoms with Crippen molar-refractivity contribution in [1.82, 2.24) is 9.78 Å². The van der Waals surface area contributed by atoms with Gasteiger partial charge in [0.25, 0.3) is 16.5 Å². The molecule has 22 heavy (non-hydrogen) atoms. The van der Waals surface area contributed by atoms with Crippen LogP contribution in [0.2, 0.25) is 0 Å². The Morgan fingerprint density at radius 2 is 1.77 bits per heavy atom. The summed E-state index contributed by atoms with van der Waals surface area (Å²) in [6.45, 7) is -0.662. The highest BCUT2D eigenvalue weighted by atomic mass is 32.5. The van der Waals surface area contributed by atoms with Crippen molar-refractivity contribution < 1.29 is 14.7 Å². The molecule has 0 bridgehead atoms. The minimum absolute atomic E-state index is 0.205. The van der Waals surface area contributed by atoms with Crippen molar-refractivity contribution in [3.63, 3.8) is 0 Å². The number of rotatable bonds is 4. The van der Waals surface area contributed by atoms with Crippen molar-refractivity contribution in [3.8, 4) is 5.69 Å². The van der Waals surface area contributed by atoms with Gasteiger partial charge < -0.3 is 14.7 Å². The maximum absolute atomic E-state index is 12.6. The summed E-state index contributed by atoms with van der Waals surface area (Å²) >= 11 is 0. The third-order valence-electron chi connectivity index (χ3n) is 3.18. The summed E-state index contributed by atoms with van der Waals surface area (Å²) in [4.78, 5) is 42.4. The molecule has 0 saturated carbocycles. The van der Waals surface area contributed by atoms with Crippen LogP contribution in [0.1, 0.15) is 25.0 Å². The standard InChI is InChI=1S/C14H17N2O4PS/c1-3-11-12(4-2)14(17)16(10-8-6-5-7-9-10)15-13(11)22-21(18,19)20/h5-9H,3-4H2,1-2H3,(H2-,15,18,19,20). The molecule has 0 aliphatic carbocycles.